The lowest BCUT2D eigenvalue weighted by Gasteiger charge is -2.62. The maximum Gasteiger partial charge on any atom is 0.147 e. The van der Waals surface area contributed by atoms with Crippen LogP contribution >= 0.6 is 15.9 Å². The molecule has 0 radical (unpaired) electrons. The monoisotopic (exact) mass is 383 g/mol. The number of aromatic nitrogens is 3. The standard InChI is InChI=1S/C19H18BrN3O/c1-12(15-4-2-3-5-21-15)24-17-7-14(20)6-16-18(17)23(11-22-16)19-8-13(9-19)10-19/h2-7,11-13H,8-10H2,1H3/t12-,13?,19?/m1/s1. The minimum atomic E-state index is -0.111. The minimum absolute atomic E-state index is 0.111. The van der Waals surface area contributed by atoms with Crippen LogP contribution in [0.3, 0.4) is 0 Å². The number of fused-ring (bicyclic) bond motifs is 1. The molecule has 0 aliphatic heterocycles. The number of benzene rings is 1. The van der Waals surface area contributed by atoms with Gasteiger partial charge in [0.05, 0.1) is 17.5 Å². The molecule has 3 aromatic rings. The summed E-state index contributed by atoms with van der Waals surface area (Å²) in [5, 5.41) is 0. The molecular formula is C19H18BrN3O. The van der Waals surface area contributed by atoms with Gasteiger partial charge in [0, 0.05) is 16.2 Å². The summed E-state index contributed by atoms with van der Waals surface area (Å²) in [5.74, 6) is 1.80. The highest BCUT2D eigenvalue weighted by atomic mass is 79.9. The quantitative estimate of drug-likeness (QED) is 0.646. The van der Waals surface area contributed by atoms with Crippen LogP contribution in [-0.4, -0.2) is 14.5 Å². The molecule has 0 saturated heterocycles. The second kappa shape index (κ2) is 5.06. The minimum Gasteiger partial charge on any atom is -0.482 e. The Kier molecular flexibility index (Phi) is 3.05. The summed E-state index contributed by atoms with van der Waals surface area (Å²) in [6.07, 6.45) is 7.53. The fourth-order valence-electron chi connectivity index (χ4n) is 4.12. The Labute approximate surface area is 149 Å². The van der Waals surface area contributed by atoms with Gasteiger partial charge in [-0.3, -0.25) is 4.98 Å². The molecule has 5 heteroatoms. The zero-order valence-electron chi connectivity index (χ0n) is 13.4. The van der Waals surface area contributed by atoms with Crippen molar-refractivity contribution in [3.8, 4) is 5.75 Å². The summed E-state index contributed by atoms with van der Waals surface area (Å²) in [6, 6.07) is 10.0. The van der Waals surface area contributed by atoms with Gasteiger partial charge in [-0.1, -0.05) is 22.0 Å². The van der Waals surface area contributed by atoms with E-state index < -0.39 is 0 Å². The lowest BCUT2D eigenvalue weighted by Crippen LogP contribution is -2.59. The molecule has 0 spiro atoms. The van der Waals surface area contributed by atoms with Crippen LogP contribution in [0.1, 0.15) is 38.0 Å². The first-order valence-electron chi connectivity index (χ1n) is 8.39. The number of nitrogens with zero attached hydrogens (tertiary/aromatic N) is 3. The van der Waals surface area contributed by atoms with E-state index in [1.165, 1.54) is 19.3 Å². The second-order valence-electron chi connectivity index (χ2n) is 7.10. The molecule has 1 atom stereocenters. The predicted molar refractivity (Wildman–Crippen MR) is 96.0 cm³/mol. The van der Waals surface area contributed by atoms with E-state index >= 15 is 0 Å². The molecule has 4 nitrogen and oxygen atoms in total. The molecule has 2 bridgehead atoms. The molecule has 122 valence electrons. The first-order chi connectivity index (χ1) is 11.6. The van der Waals surface area contributed by atoms with Gasteiger partial charge in [-0.15, -0.1) is 0 Å². The number of ether oxygens (including phenoxy) is 1. The van der Waals surface area contributed by atoms with E-state index in [-0.39, 0.29) is 6.10 Å². The summed E-state index contributed by atoms with van der Waals surface area (Å²) >= 11 is 3.59. The van der Waals surface area contributed by atoms with Crippen molar-refractivity contribution in [3.05, 3.63) is 53.0 Å². The zero-order chi connectivity index (χ0) is 16.3. The van der Waals surface area contributed by atoms with Crippen molar-refractivity contribution in [2.24, 2.45) is 5.92 Å². The number of rotatable bonds is 4. The van der Waals surface area contributed by atoms with E-state index in [4.69, 9.17) is 4.74 Å². The van der Waals surface area contributed by atoms with E-state index in [1.807, 2.05) is 37.5 Å². The molecule has 24 heavy (non-hydrogen) atoms. The van der Waals surface area contributed by atoms with Gasteiger partial charge >= 0.3 is 0 Å². The normalized spacial score (nSPS) is 25.8. The molecule has 3 aliphatic rings. The number of hydrogen-bond acceptors (Lipinski definition) is 3. The maximum atomic E-state index is 6.32. The molecule has 0 N–H and O–H groups in total. The van der Waals surface area contributed by atoms with Gasteiger partial charge in [0.1, 0.15) is 17.4 Å². The third-order valence-corrected chi connectivity index (χ3v) is 5.96. The highest BCUT2D eigenvalue weighted by Gasteiger charge is 2.58. The van der Waals surface area contributed by atoms with Gasteiger partial charge in [-0.25, -0.2) is 4.98 Å². The van der Waals surface area contributed by atoms with Crippen LogP contribution in [0.2, 0.25) is 0 Å². The van der Waals surface area contributed by atoms with Crippen molar-refractivity contribution in [2.75, 3.05) is 0 Å². The van der Waals surface area contributed by atoms with Crippen LogP contribution in [0.25, 0.3) is 11.0 Å². The lowest BCUT2D eigenvalue weighted by molar-refractivity contribution is -0.0861. The average molecular weight is 384 g/mol. The van der Waals surface area contributed by atoms with Gasteiger partial charge in [0.15, 0.2) is 0 Å². The Morgan fingerprint density at radius 1 is 1.25 bits per heavy atom. The van der Waals surface area contributed by atoms with Crippen molar-refractivity contribution >= 4 is 27.0 Å². The van der Waals surface area contributed by atoms with Crippen LogP contribution in [0, 0.1) is 5.92 Å². The molecule has 1 aromatic carbocycles. The van der Waals surface area contributed by atoms with Gasteiger partial charge in [0.2, 0.25) is 0 Å². The Hall–Kier alpha value is -1.88. The fraction of sp³-hybridized carbons (Fsp3) is 0.368. The van der Waals surface area contributed by atoms with Gasteiger partial charge in [-0.05, 0) is 56.4 Å². The maximum absolute atomic E-state index is 6.32. The predicted octanol–water partition coefficient (Wildman–Crippen LogP) is 4.84. The second-order valence-corrected chi connectivity index (χ2v) is 8.02. The fourth-order valence-corrected chi connectivity index (χ4v) is 4.55. The molecule has 0 unspecified atom stereocenters. The largest absolute Gasteiger partial charge is 0.482 e. The molecule has 3 aliphatic carbocycles. The van der Waals surface area contributed by atoms with Crippen molar-refractivity contribution in [2.45, 2.75) is 37.8 Å². The third kappa shape index (κ3) is 2.04. The molecule has 0 amide bonds. The highest BCUT2D eigenvalue weighted by molar-refractivity contribution is 9.10. The molecule has 2 heterocycles. The summed E-state index contributed by atoms with van der Waals surface area (Å²) in [6.45, 7) is 2.04. The van der Waals surface area contributed by atoms with Gasteiger partial charge in [0.25, 0.3) is 0 Å². The summed E-state index contributed by atoms with van der Waals surface area (Å²) in [5.41, 5.74) is 3.32. The first kappa shape index (κ1) is 14.5. The van der Waals surface area contributed by atoms with Crippen LogP contribution in [-0.2, 0) is 5.54 Å². The number of hydrogen-bond donors (Lipinski definition) is 0. The SMILES string of the molecule is C[C@@H](Oc1cc(Br)cc2ncn(C34CC(C3)C4)c12)c1ccccn1. The van der Waals surface area contributed by atoms with Crippen LogP contribution in [0.4, 0.5) is 0 Å². The van der Waals surface area contributed by atoms with Crippen LogP contribution < -0.4 is 4.74 Å². The first-order valence-corrected chi connectivity index (χ1v) is 9.19. The summed E-state index contributed by atoms with van der Waals surface area (Å²) in [7, 11) is 0. The molecule has 6 rings (SSSR count). The zero-order valence-corrected chi connectivity index (χ0v) is 15.0. The Morgan fingerprint density at radius 2 is 2.08 bits per heavy atom. The highest BCUT2D eigenvalue weighted by Crippen LogP contribution is 2.63. The molecule has 3 fully saturated rings. The Bertz CT molecular complexity index is 904. The average Bonchev–Trinajstić information content (AvgIpc) is 2.89. The van der Waals surface area contributed by atoms with Gasteiger partial charge < -0.3 is 9.30 Å². The van der Waals surface area contributed by atoms with E-state index in [2.05, 4.69) is 36.5 Å². The van der Waals surface area contributed by atoms with E-state index in [0.717, 1.165) is 32.9 Å². The Morgan fingerprint density at radius 3 is 2.75 bits per heavy atom. The smallest absolute Gasteiger partial charge is 0.147 e. The molecular weight excluding hydrogens is 366 g/mol. The van der Waals surface area contributed by atoms with Crippen LogP contribution in [0.15, 0.2) is 47.3 Å². The number of imidazole rings is 1. The van der Waals surface area contributed by atoms with E-state index in [1.54, 1.807) is 6.20 Å². The van der Waals surface area contributed by atoms with Crippen LogP contribution in [0.5, 0.6) is 5.75 Å². The van der Waals surface area contributed by atoms with E-state index in [0.29, 0.717) is 5.54 Å². The van der Waals surface area contributed by atoms with Crippen molar-refractivity contribution in [1.82, 2.24) is 14.5 Å². The number of pyridine rings is 1. The Balaban J connectivity index is 1.58. The molecule has 3 saturated carbocycles. The van der Waals surface area contributed by atoms with Crippen molar-refractivity contribution in [1.29, 1.82) is 0 Å². The summed E-state index contributed by atoms with van der Waals surface area (Å²) < 4.78 is 9.66. The van der Waals surface area contributed by atoms with E-state index in [9.17, 15) is 0 Å². The number of halogens is 1. The molecule has 2 aromatic heterocycles. The van der Waals surface area contributed by atoms with Crippen molar-refractivity contribution < 1.29 is 4.74 Å². The van der Waals surface area contributed by atoms with Gasteiger partial charge in [-0.2, -0.15) is 0 Å². The topological polar surface area (TPSA) is 39.9 Å². The van der Waals surface area contributed by atoms with Crippen molar-refractivity contribution in [3.63, 3.8) is 0 Å². The third-order valence-electron chi connectivity index (χ3n) is 5.50. The summed E-state index contributed by atoms with van der Waals surface area (Å²) in [4.78, 5) is 9.04. The lowest BCUT2D eigenvalue weighted by atomic mass is 9.49.